The summed E-state index contributed by atoms with van der Waals surface area (Å²) in [6.07, 6.45) is -4.40. The highest BCUT2D eigenvalue weighted by molar-refractivity contribution is 14.0. The van der Waals surface area contributed by atoms with E-state index in [0.717, 1.165) is 11.1 Å². The van der Waals surface area contributed by atoms with Crippen molar-refractivity contribution in [1.82, 2.24) is 10.6 Å². The third kappa shape index (κ3) is 9.25. The molecule has 0 aliphatic carbocycles. The van der Waals surface area contributed by atoms with Crippen LogP contribution in [0.1, 0.15) is 18.1 Å². The number of hydrogen-bond donors (Lipinski definition) is 2. The third-order valence-electron chi connectivity index (χ3n) is 3.69. The van der Waals surface area contributed by atoms with E-state index in [-0.39, 0.29) is 35.5 Å². The minimum Gasteiger partial charge on any atom is -0.493 e. The molecule has 0 unspecified atom stereocenters. The normalized spacial score (nSPS) is 11.4. The van der Waals surface area contributed by atoms with Crippen LogP contribution in [-0.2, 0) is 13.1 Å². The van der Waals surface area contributed by atoms with Crippen LogP contribution < -0.4 is 20.1 Å². The molecule has 2 aromatic carbocycles. The molecule has 0 aromatic heterocycles. The van der Waals surface area contributed by atoms with Crippen molar-refractivity contribution in [2.45, 2.75) is 26.2 Å². The Bertz CT molecular complexity index is 771. The largest absolute Gasteiger partial charge is 0.493 e. The molecule has 29 heavy (non-hydrogen) atoms. The van der Waals surface area contributed by atoms with Crippen LogP contribution in [0.15, 0.2) is 53.5 Å². The summed E-state index contributed by atoms with van der Waals surface area (Å²) in [5.41, 5.74) is 1.91. The summed E-state index contributed by atoms with van der Waals surface area (Å²) >= 11 is 0. The lowest BCUT2D eigenvalue weighted by Gasteiger charge is -2.14. The highest BCUT2D eigenvalue weighted by Crippen LogP contribution is 2.30. The number of alkyl halides is 3. The van der Waals surface area contributed by atoms with Crippen LogP contribution in [0, 0.1) is 0 Å². The monoisotopic (exact) mass is 523 g/mol. The molecule has 2 aromatic rings. The van der Waals surface area contributed by atoms with Gasteiger partial charge in [-0.05, 0) is 30.2 Å². The number of hydrogen-bond acceptors (Lipinski definition) is 3. The molecule has 9 heteroatoms. The number of halogens is 4. The fourth-order valence-corrected chi connectivity index (χ4v) is 2.38. The fraction of sp³-hybridized carbons (Fsp3) is 0.350. The highest BCUT2D eigenvalue weighted by atomic mass is 127. The number of benzene rings is 2. The van der Waals surface area contributed by atoms with Crippen LogP contribution in [-0.4, -0.2) is 32.4 Å². The Hall–Kier alpha value is -2.17. The van der Waals surface area contributed by atoms with E-state index in [4.69, 9.17) is 9.47 Å². The van der Waals surface area contributed by atoms with E-state index in [1.165, 1.54) is 13.2 Å². The topological polar surface area (TPSA) is 54.9 Å². The van der Waals surface area contributed by atoms with Gasteiger partial charge in [-0.3, -0.25) is 0 Å². The Morgan fingerprint density at radius 3 is 2.34 bits per heavy atom. The van der Waals surface area contributed by atoms with Gasteiger partial charge in [-0.1, -0.05) is 36.4 Å². The van der Waals surface area contributed by atoms with E-state index in [1.807, 2.05) is 37.3 Å². The molecule has 0 heterocycles. The average molecular weight is 523 g/mol. The van der Waals surface area contributed by atoms with Gasteiger partial charge in [0, 0.05) is 13.1 Å². The Kier molecular flexibility index (Phi) is 10.6. The van der Waals surface area contributed by atoms with Crippen LogP contribution in [0.5, 0.6) is 11.5 Å². The zero-order chi connectivity index (χ0) is 20.4. The molecule has 0 spiro atoms. The summed E-state index contributed by atoms with van der Waals surface area (Å²) in [6.45, 7) is 2.26. The molecule has 0 bridgehead atoms. The van der Waals surface area contributed by atoms with E-state index < -0.39 is 12.8 Å². The minimum atomic E-state index is -4.40. The molecule has 0 fully saturated rings. The summed E-state index contributed by atoms with van der Waals surface area (Å²) in [5, 5.41) is 6.40. The van der Waals surface area contributed by atoms with Gasteiger partial charge in [-0.25, -0.2) is 4.99 Å². The Labute approximate surface area is 185 Å². The maximum absolute atomic E-state index is 12.3. The number of rotatable bonds is 8. The van der Waals surface area contributed by atoms with Crippen molar-refractivity contribution in [3.63, 3.8) is 0 Å². The number of ether oxygens (including phenoxy) is 2. The molecule has 2 N–H and O–H groups in total. The van der Waals surface area contributed by atoms with Crippen molar-refractivity contribution in [2.75, 3.05) is 20.3 Å². The summed E-state index contributed by atoms with van der Waals surface area (Å²) in [7, 11) is 1.38. The molecule has 0 amide bonds. The second-order valence-electron chi connectivity index (χ2n) is 5.92. The van der Waals surface area contributed by atoms with Gasteiger partial charge < -0.3 is 20.1 Å². The van der Waals surface area contributed by atoms with Gasteiger partial charge in [0.25, 0.3) is 0 Å². The first kappa shape index (κ1) is 24.9. The highest BCUT2D eigenvalue weighted by Gasteiger charge is 2.29. The Morgan fingerprint density at radius 2 is 1.72 bits per heavy atom. The van der Waals surface area contributed by atoms with Crippen LogP contribution >= 0.6 is 24.0 Å². The Balaban J connectivity index is 0.00000420. The van der Waals surface area contributed by atoms with Crippen molar-refractivity contribution in [3.8, 4) is 11.5 Å². The van der Waals surface area contributed by atoms with Crippen LogP contribution in [0.3, 0.4) is 0 Å². The quantitative estimate of drug-likeness (QED) is 0.304. The molecular formula is C20H25F3IN3O2. The second kappa shape index (κ2) is 12.4. The first-order valence-corrected chi connectivity index (χ1v) is 8.84. The molecule has 5 nitrogen and oxygen atoms in total. The van der Waals surface area contributed by atoms with Crippen LogP contribution in [0.2, 0.25) is 0 Å². The zero-order valence-corrected chi connectivity index (χ0v) is 18.6. The van der Waals surface area contributed by atoms with E-state index in [1.54, 1.807) is 12.1 Å². The third-order valence-corrected chi connectivity index (χ3v) is 3.69. The molecular weight excluding hydrogens is 498 g/mol. The molecule has 0 aliphatic rings. The van der Waals surface area contributed by atoms with Gasteiger partial charge in [0.2, 0.25) is 0 Å². The number of nitrogens with zero attached hydrogens (tertiary/aromatic N) is 1. The SMILES string of the molecule is CCNC(=NCc1ccc(OCC(F)(F)F)c(OC)c1)NCc1ccccc1.I. The van der Waals surface area contributed by atoms with Gasteiger partial charge in [-0.15, -0.1) is 24.0 Å². The van der Waals surface area contributed by atoms with Crippen molar-refractivity contribution in [2.24, 2.45) is 4.99 Å². The molecule has 0 saturated heterocycles. The van der Waals surface area contributed by atoms with Gasteiger partial charge >= 0.3 is 6.18 Å². The van der Waals surface area contributed by atoms with Crippen molar-refractivity contribution < 1.29 is 22.6 Å². The summed E-state index contributed by atoms with van der Waals surface area (Å²) < 4.78 is 46.9. The lowest BCUT2D eigenvalue weighted by atomic mass is 10.2. The van der Waals surface area contributed by atoms with Crippen molar-refractivity contribution >= 4 is 29.9 Å². The van der Waals surface area contributed by atoms with Crippen molar-refractivity contribution in [3.05, 3.63) is 59.7 Å². The van der Waals surface area contributed by atoms with Crippen molar-refractivity contribution in [1.29, 1.82) is 0 Å². The number of guanidine groups is 1. The van der Waals surface area contributed by atoms with Crippen LogP contribution in [0.25, 0.3) is 0 Å². The molecule has 0 radical (unpaired) electrons. The first-order valence-electron chi connectivity index (χ1n) is 8.84. The Morgan fingerprint density at radius 1 is 1.00 bits per heavy atom. The lowest BCUT2D eigenvalue weighted by Crippen LogP contribution is -2.36. The van der Waals surface area contributed by atoms with Gasteiger partial charge in [-0.2, -0.15) is 13.2 Å². The van der Waals surface area contributed by atoms with Gasteiger partial charge in [0.1, 0.15) is 0 Å². The summed E-state index contributed by atoms with van der Waals surface area (Å²) in [6, 6.07) is 14.7. The van der Waals surface area contributed by atoms with E-state index >= 15 is 0 Å². The number of nitrogens with one attached hydrogen (secondary N) is 2. The number of methoxy groups -OCH3 is 1. The second-order valence-corrected chi connectivity index (χ2v) is 5.92. The molecule has 0 aliphatic heterocycles. The maximum atomic E-state index is 12.3. The average Bonchev–Trinajstić information content (AvgIpc) is 2.69. The van der Waals surface area contributed by atoms with E-state index in [0.29, 0.717) is 25.6 Å². The number of aliphatic imine (C=N–C) groups is 1. The van der Waals surface area contributed by atoms with Gasteiger partial charge in [0.05, 0.1) is 13.7 Å². The predicted octanol–water partition coefficient (Wildman–Crippen LogP) is 4.51. The van der Waals surface area contributed by atoms with E-state index in [9.17, 15) is 13.2 Å². The molecule has 0 atom stereocenters. The van der Waals surface area contributed by atoms with E-state index in [2.05, 4.69) is 15.6 Å². The fourth-order valence-electron chi connectivity index (χ4n) is 2.38. The zero-order valence-electron chi connectivity index (χ0n) is 16.3. The summed E-state index contributed by atoms with van der Waals surface area (Å²) in [5.74, 6) is 0.920. The summed E-state index contributed by atoms with van der Waals surface area (Å²) in [4.78, 5) is 4.51. The molecule has 160 valence electrons. The maximum Gasteiger partial charge on any atom is 0.422 e. The molecule has 2 rings (SSSR count). The molecule has 0 saturated carbocycles. The predicted molar refractivity (Wildman–Crippen MR) is 118 cm³/mol. The van der Waals surface area contributed by atoms with Crippen LogP contribution in [0.4, 0.5) is 13.2 Å². The lowest BCUT2D eigenvalue weighted by molar-refractivity contribution is -0.153. The smallest absolute Gasteiger partial charge is 0.422 e. The standard InChI is InChI=1S/C20H24F3N3O2.HI/c1-3-24-19(25-12-15-7-5-4-6-8-15)26-13-16-9-10-17(18(11-16)27-2)28-14-20(21,22)23;/h4-11H,3,12-14H2,1-2H3,(H2,24,25,26);1H. The minimum absolute atomic E-state index is 0. The first-order chi connectivity index (χ1) is 13.4. The van der Waals surface area contributed by atoms with Gasteiger partial charge in [0.15, 0.2) is 24.1 Å².